The van der Waals surface area contributed by atoms with Crippen LogP contribution in [-0.4, -0.2) is 53.9 Å². The van der Waals surface area contributed by atoms with Gasteiger partial charge in [0.1, 0.15) is 11.9 Å². The number of rotatable bonds is 10. The average Bonchev–Trinajstić information content (AvgIpc) is 2.78. The van der Waals surface area contributed by atoms with E-state index in [9.17, 15) is 13.2 Å². The Morgan fingerprint density at radius 2 is 1.71 bits per heavy atom. The Kier molecular flexibility index (Phi) is 8.19. The van der Waals surface area contributed by atoms with Gasteiger partial charge in [-0.3, -0.25) is 9.78 Å². The highest BCUT2D eigenvalue weighted by atomic mass is 32.2. The molecule has 2 aromatic heterocycles. The lowest BCUT2D eigenvalue weighted by molar-refractivity contribution is -0.142. The fraction of sp³-hybridized carbons (Fsp3) is 0.375. The van der Waals surface area contributed by atoms with Gasteiger partial charge in [0.25, 0.3) is 10.2 Å². The van der Waals surface area contributed by atoms with E-state index < -0.39 is 22.2 Å². The van der Waals surface area contributed by atoms with E-state index in [0.29, 0.717) is 5.82 Å². The van der Waals surface area contributed by atoms with Gasteiger partial charge in [-0.25, -0.2) is 4.98 Å². The Bertz CT molecular complexity index is 1220. The topological polar surface area (TPSA) is 114 Å². The fourth-order valence-electron chi connectivity index (χ4n) is 3.92. The average molecular weight is 486 g/mol. The quantitative estimate of drug-likeness (QED) is 0.423. The first-order valence-corrected chi connectivity index (χ1v) is 12.5. The SMILES string of the molecule is COC(=O)[C@H](Cc1ccc(Nc2nccc3cnccc23)cc1)NS(=O)(=O)N(C(C)C)C(C)C. The zero-order valence-corrected chi connectivity index (χ0v) is 20.8. The van der Waals surface area contributed by atoms with Gasteiger partial charge in [-0.2, -0.15) is 17.4 Å². The number of ether oxygens (including phenoxy) is 1. The van der Waals surface area contributed by atoms with Crippen LogP contribution in [0.2, 0.25) is 0 Å². The molecule has 3 rings (SSSR count). The van der Waals surface area contributed by atoms with Gasteiger partial charge >= 0.3 is 5.97 Å². The molecule has 3 aromatic rings. The summed E-state index contributed by atoms with van der Waals surface area (Å²) >= 11 is 0. The second-order valence-corrected chi connectivity index (χ2v) is 10.1. The maximum Gasteiger partial charge on any atom is 0.324 e. The number of methoxy groups -OCH3 is 1. The summed E-state index contributed by atoms with van der Waals surface area (Å²) in [5.74, 6) is 0.0575. The number of nitrogens with zero attached hydrogens (tertiary/aromatic N) is 3. The van der Waals surface area contributed by atoms with Crippen molar-refractivity contribution in [3.63, 3.8) is 0 Å². The van der Waals surface area contributed by atoms with Crippen LogP contribution >= 0.6 is 0 Å². The maximum absolute atomic E-state index is 13.0. The molecule has 0 saturated heterocycles. The first-order chi connectivity index (χ1) is 16.1. The van der Waals surface area contributed by atoms with E-state index in [-0.39, 0.29) is 18.5 Å². The van der Waals surface area contributed by atoms with Crippen molar-refractivity contribution >= 4 is 38.5 Å². The van der Waals surface area contributed by atoms with E-state index in [2.05, 4.69) is 20.0 Å². The third-order valence-electron chi connectivity index (χ3n) is 5.29. The normalized spacial score (nSPS) is 12.9. The smallest absolute Gasteiger partial charge is 0.324 e. The summed E-state index contributed by atoms with van der Waals surface area (Å²) in [5.41, 5.74) is 1.58. The lowest BCUT2D eigenvalue weighted by atomic mass is 10.1. The highest BCUT2D eigenvalue weighted by Crippen LogP contribution is 2.24. The van der Waals surface area contributed by atoms with Crippen LogP contribution in [0.25, 0.3) is 10.8 Å². The van der Waals surface area contributed by atoms with Crippen molar-refractivity contribution in [2.45, 2.75) is 52.2 Å². The second-order valence-electron chi connectivity index (χ2n) is 8.50. The van der Waals surface area contributed by atoms with Crippen molar-refractivity contribution in [3.05, 3.63) is 60.6 Å². The van der Waals surface area contributed by atoms with Crippen molar-refractivity contribution in [2.24, 2.45) is 0 Å². The molecule has 2 heterocycles. The number of hydrogen-bond acceptors (Lipinski definition) is 7. The fourth-order valence-corrected chi connectivity index (χ4v) is 5.69. The standard InChI is InChI=1S/C24H31N5O4S/c1-16(2)29(17(3)4)34(31,32)28-22(24(30)33-5)14-18-6-8-20(9-7-18)27-23-21-11-12-25-15-19(21)10-13-26-23/h6-13,15-17,22,28H,14H2,1-5H3,(H,26,27)/t22-/m0/s1. The third-order valence-corrected chi connectivity index (χ3v) is 7.27. The summed E-state index contributed by atoms with van der Waals surface area (Å²) in [4.78, 5) is 20.9. The summed E-state index contributed by atoms with van der Waals surface area (Å²) < 4.78 is 34.7. The molecule has 2 N–H and O–H groups in total. The highest BCUT2D eigenvalue weighted by molar-refractivity contribution is 7.87. The van der Waals surface area contributed by atoms with E-state index in [1.54, 1.807) is 46.3 Å². The number of fused-ring (bicyclic) bond motifs is 1. The van der Waals surface area contributed by atoms with Gasteiger partial charge in [0.2, 0.25) is 0 Å². The van der Waals surface area contributed by atoms with Gasteiger partial charge < -0.3 is 10.1 Å². The van der Waals surface area contributed by atoms with Gasteiger partial charge in [-0.05, 0) is 63.9 Å². The van der Waals surface area contributed by atoms with Crippen LogP contribution in [0, 0.1) is 0 Å². The molecule has 0 aliphatic carbocycles. The maximum atomic E-state index is 13.0. The molecule has 0 radical (unpaired) electrons. The van der Waals surface area contributed by atoms with E-state index in [0.717, 1.165) is 22.0 Å². The van der Waals surface area contributed by atoms with Crippen LogP contribution in [0.1, 0.15) is 33.3 Å². The predicted molar refractivity (Wildman–Crippen MR) is 133 cm³/mol. The Hall–Kier alpha value is -3.08. The number of benzene rings is 1. The Labute approximate surface area is 200 Å². The largest absolute Gasteiger partial charge is 0.468 e. The summed E-state index contributed by atoms with van der Waals surface area (Å²) in [6.45, 7) is 7.16. The molecule has 0 unspecified atom stereocenters. The minimum Gasteiger partial charge on any atom is -0.468 e. The Morgan fingerprint density at radius 1 is 1.03 bits per heavy atom. The first kappa shape index (κ1) is 25.5. The van der Waals surface area contributed by atoms with E-state index in [1.165, 1.54) is 11.4 Å². The molecular formula is C24H31N5O4S. The molecule has 1 aromatic carbocycles. The van der Waals surface area contributed by atoms with Crippen molar-refractivity contribution < 1.29 is 17.9 Å². The van der Waals surface area contributed by atoms with Crippen LogP contribution in [-0.2, 0) is 26.2 Å². The monoisotopic (exact) mass is 485 g/mol. The van der Waals surface area contributed by atoms with Gasteiger partial charge in [-0.15, -0.1) is 0 Å². The molecule has 0 aliphatic heterocycles. The third kappa shape index (κ3) is 6.07. The lowest BCUT2D eigenvalue weighted by Gasteiger charge is -2.31. The van der Waals surface area contributed by atoms with Crippen LogP contribution in [0.5, 0.6) is 0 Å². The summed E-state index contributed by atoms with van der Waals surface area (Å²) in [6.07, 6.45) is 5.35. The number of pyridine rings is 2. The molecule has 10 heteroatoms. The summed E-state index contributed by atoms with van der Waals surface area (Å²) in [7, 11) is -2.67. The highest BCUT2D eigenvalue weighted by Gasteiger charge is 2.33. The first-order valence-electron chi connectivity index (χ1n) is 11.1. The predicted octanol–water partition coefficient (Wildman–Crippen LogP) is 3.41. The minimum absolute atomic E-state index is 0.147. The number of anilines is 2. The van der Waals surface area contributed by atoms with Gasteiger partial charge in [-0.1, -0.05) is 12.1 Å². The number of carbonyl (C=O) groups is 1. The van der Waals surface area contributed by atoms with Crippen LogP contribution in [0.3, 0.4) is 0 Å². The van der Waals surface area contributed by atoms with Gasteiger partial charge in [0.15, 0.2) is 0 Å². The van der Waals surface area contributed by atoms with E-state index in [1.807, 2.05) is 36.4 Å². The number of hydrogen-bond donors (Lipinski definition) is 2. The van der Waals surface area contributed by atoms with Crippen molar-refractivity contribution in [1.82, 2.24) is 19.0 Å². The summed E-state index contributed by atoms with van der Waals surface area (Å²) in [5, 5.41) is 5.21. The van der Waals surface area contributed by atoms with Gasteiger partial charge in [0, 0.05) is 47.1 Å². The molecule has 34 heavy (non-hydrogen) atoms. The molecule has 0 aliphatic rings. The lowest BCUT2D eigenvalue weighted by Crippen LogP contribution is -2.53. The van der Waals surface area contributed by atoms with Crippen LogP contribution in [0.15, 0.2) is 55.0 Å². The molecule has 1 atom stereocenters. The van der Waals surface area contributed by atoms with Gasteiger partial charge in [0.05, 0.1) is 7.11 Å². The van der Waals surface area contributed by atoms with Crippen LogP contribution < -0.4 is 10.0 Å². The Morgan fingerprint density at radius 3 is 2.32 bits per heavy atom. The second kappa shape index (κ2) is 10.9. The molecule has 182 valence electrons. The molecular weight excluding hydrogens is 454 g/mol. The molecule has 0 amide bonds. The molecule has 0 fully saturated rings. The zero-order chi connectivity index (χ0) is 24.9. The number of aromatic nitrogens is 2. The van der Waals surface area contributed by atoms with Crippen molar-refractivity contribution in [1.29, 1.82) is 0 Å². The van der Waals surface area contributed by atoms with Crippen molar-refractivity contribution in [2.75, 3.05) is 12.4 Å². The zero-order valence-electron chi connectivity index (χ0n) is 20.0. The minimum atomic E-state index is -3.91. The van der Waals surface area contributed by atoms with Crippen LogP contribution in [0.4, 0.5) is 11.5 Å². The number of carbonyl (C=O) groups excluding carboxylic acids is 1. The molecule has 9 nitrogen and oxygen atoms in total. The molecule has 0 bridgehead atoms. The van der Waals surface area contributed by atoms with Crippen molar-refractivity contribution in [3.8, 4) is 0 Å². The number of esters is 1. The van der Waals surface area contributed by atoms with E-state index >= 15 is 0 Å². The summed E-state index contributed by atoms with van der Waals surface area (Å²) in [6, 6.07) is 9.58. The Balaban J connectivity index is 1.77. The molecule has 0 spiro atoms. The molecule has 0 saturated carbocycles. The number of nitrogens with one attached hydrogen (secondary N) is 2. The van der Waals surface area contributed by atoms with E-state index in [4.69, 9.17) is 4.74 Å².